The third kappa shape index (κ3) is 8.22. The molecule has 1 aliphatic rings. The standard InChI is InChI=1S/C31H42/c1-3-5-7-9-11-26-12-14-28(15-13-26)16-17-29-20-24-31(25-21-29)30-22-18-27(19-23-30)10-8-6-4-2/h18-26,28H,3-15H2,1-2H3. The van der Waals surface area contributed by atoms with E-state index in [9.17, 15) is 0 Å². The normalized spacial score (nSPS) is 18.4. The maximum Gasteiger partial charge on any atom is 0.0245 e. The van der Waals surface area contributed by atoms with Crippen molar-refractivity contribution in [2.75, 3.05) is 0 Å². The van der Waals surface area contributed by atoms with Crippen LogP contribution in [0.5, 0.6) is 0 Å². The molecule has 0 saturated heterocycles. The number of benzene rings is 2. The zero-order valence-corrected chi connectivity index (χ0v) is 20.0. The quantitative estimate of drug-likeness (QED) is 0.268. The van der Waals surface area contributed by atoms with Crippen molar-refractivity contribution in [3.8, 4) is 23.0 Å². The maximum absolute atomic E-state index is 3.58. The van der Waals surface area contributed by atoms with E-state index in [0.29, 0.717) is 5.92 Å². The molecule has 2 aromatic rings. The van der Waals surface area contributed by atoms with Crippen molar-refractivity contribution >= 4 is 0 Å². The second kappa shape index (κ2) is 13.4. The first-order chi connectivity index (χ1) is 15.3. The van der Waals surface area contributed by atoms with Gasteiger partial charge in [-0.2, -0.15) is 0 Å². The number of hydrogen-bond donors (Lipinski definition) is 0. The molecule has 0 amide bonds. The van der Waals surface area contributed by atoms with Crippen molar-refractivity contribution < 1.29 is 0 Å². The Morgan fingerprint density at radius 2 is 1.29 bits per heavy atom. The van der Waals surface area contributed by atoms with Crippen LogP contribution in [0.15, 0.2) is 48.5 Å². The van der Waals surface area contributed by atoms with E-state index in [1.54, 1.807) is 0 Å². The highest BCUT2D eigenvalue weighted by Crippen LogP contribution is 2.32. The highest BCUT2D eigenvalue weighted by atomic mass is 14.2. The lowest BCUT2D eigenvalue weighted by Gasteiger charge is -2.25. The fraction of sp³-hybridized carbons (Fsp3) is 0.548. The molecule has 0 atom stereocenters. The van der Waals surface area contributed by atoms with Crippen LogP contribution in [0.2, 0.25) is 0 Å². The van der Waals surface area contributed by atoms with E-state index >= 15 is 0 Å². The zero-order chi connectivity index (χ0) is 21.7. The lowest BCUT2D eigenvalue weighted by atomic mass is 9.80. The number of unbranched alkanes of at least 4 members (excludes halogenated alkanes) is 5. The summed E-state index contributed by atoms with van der Waals surface area (Å²) in [5.41, 5.74) is 5.20. The summed E-state index contributed by atoms with van der Waals surface area (Å²) in [7, 11) is 0. The molecule has 1 fully saturated rings. The molecule has 0 nitrogen and oxygen atoms in total. The van der Waals surface area contributed by atoms with Gasteiger partial charge in [-0.25, -0.2) is 0 Å². The fourth-order valence-corrected chi connectivity index (χ4v) is 4.83. The van der Waals surface area contributed by atoms with Gasteiger partial charge in [0.2, 0.25) is 0 Å². The van der Waals surface area contributed by atoms with E-state index in [-0.39, 0.29) is 0 Å². The maximum atomic E-state index is 3.58. The van der Waals surface area contributed by atoms with Crippen LogP contribution in [0, 0.1) is 23.7 Å². The summed E-state index contributed by atoms with van der Waals surface area (Å²) in [5.74, 6) is 8.60. The Morgan fingerprint density at radius 3 is 1.94 bits per heavy atom. The second-order valence-corrected chi connectivity index (χ2v) is 9.57. The summed E-state index contributed by atoms with van der Waals surface area (Å²) >= 11 is 0. The summed E-state index contributed by atoms with van der Waals surface area (Å²) in [6, 6.07) is 17.9. The van der Waals surface area contributed by atoms with Crippen molar-refractivity contribution in [1.82, 2.24) is 0 Å². The smallest absolute Gasteiger partial charge is 0.0245 e. The van der Waals surface area contributed by atoms with E-state index in [0.717, 1.165) is 11.5 Å². The molecule has 31 heavy (non-hydrogen) atoms. The van der Waals surface area contributed by atoms with Crippen LogP contribution in [0.3, 0.4) is 0 Å². The van der Waals surface area contributed by atoms with Crippen LogP contribution < -0.4 is 0 Å². The molecular formula is C31H42. The predicted octanol–water partition coefficient (Wildman–Crippen LogP) is 9.21. The first kappa shape index (κ1) is 23.7. The van der Waals surface area contributed by atoms with Gasteiger partial charge in [-0.3, -0.25) is 0 Å². The topological polar surface area (TPSA) is 0 Å². The van der Waals surface area contributed by atoms with Crippen molar-refractivity contribution in [3.05, 3.63) is 59.7 Å². The lowest BCUT2D eigenvalue weighted by molar-refractivity contribution is 0.294. The molecule has 0 aromatic heterocycles. The molecule has 0 spiro atoms. The van der Waals surface area contributed by atoms with E-state index in [4.69, 9.17) is 0 Å². The molecule has 0 N–H and O–H groups in total. The molecule has 0 bridgehead atoms. The molecule has 2 aromatic carbocycles. The van der Waals surface area contributed by atoms with Gasteiger partial charge < -0.3 is 0 Å². The highest BCUT2D eigenvalue weighted by Gasteiger charge is 2.19. The Kier molecular flexibility index (Phi) is 10.2. The van der Waals surface area contributed by atoms with Gasteiger partial charge in [0.1, 0.15) is 0 Å². The Bertz CT molecular complexity index is 792. The summed E-state index contributed by atoms with van der Waals surface area (Å²) in [4.78, 5) is 0. The molecular weight excluding hydrogens is 372 g/mol. The van der Waals surface area contributed by atoms with Crippen molar-refractivity contribution in [3.63, 3.8) is 0 Å². The fourth-order valence-electron chi connectivity index (χ4n) is 4.83. The summed E-state index contributed by atoms with van der Waals surface area (Å²) < 4.78 is 0. The predicted molar refractivity (Wildman–Crippen MR) is 136 cm³/mol. The van der Waals surface area contributed by atoms with Gasteiger partial charge in [0.25, 0.3) is 0 Å². The zero-order valence-electron chi connectivity index (χ0n) is 20.0. The van der Waals surface area contributed by atoms with E-state index in [2.05, 4.69) is 74.2 Å². The summed E-state index contributed by atoms with van der Waals surface area (Å²) in [6.45, 7) is 4.56. The van der Waals surface area contributed by atoms with Crippen LogP contribution in [0.1, 0.15) is 102 Å². The van der Waals surface area contributed by atoms with Crippen molar-refractivity contribution in [2.24, 2.45) is 11.8 Å². The Morgan fingerprint density at radius 1 is 0.677 bits per heavy atom. The minimum absolute atomic E-state index is 0.604. The van der Waals surface area contributed by atoms with Gasteiger partial charge in [0.05, 0.1) is 0 Å². The molecule has 0 heteroatoms. The van der Waals surface area contributed by atoms with Gasteiger partial charge in [-0.1, -0.05) is 107 Å². The summed E-state index contributed by atoms with van der Waals surface area (Å²) in [6.07, 6.45) is 17.5. The monoisotopic (exact) mass is 414 g/mol. The largest absolute Gasteiger partial charge is 0.0945 e. The van der Waals surface area contributed by atoms with Gasteiger partial charge >= 0.3 is 0 Å². The molecule has 0 radical (unpaired) electrons. The van der Waals surface area contributed by atoms with Crippen LogP contribution in [-0.4, -0.2) is 0 Å². The van der Waals surface area contributed by atoms with E-state index in [1.165, 1.54) is 100 Å². The number of hydrogen-bond acceptors (Lipinski definition) is 0. The highest BCUT2D eigenvalue weighted by molar-refractivity contribution is 5.64. The molecule has 0 heterocycles. The molecule has 1 aliphatic carbocycles. The lowest BCUT2D eigenvalue weighted by Crippen LogP contribution is -2.13. The minimum atomic E-state index is 0.604. The molecule has 1 saturated carbocycles. The van der Waals surface area contributed by atoms with Crippen LogP contribution in [0.25, 0.3) is 11.1 Å². The number of aryl methyl sites for hydroxylation is 1. The van der Waals surface area contributed by atoms with Crippen LogP contribution in [-0.2, 0) is 6.42 Å². The van der Waals surface area contributed by atoms with Gasteiger partial charge in [0.15, 0.2) is 0 Å². The average Bonchev–Trinajstić information content (AvgIpc) is 2.82. The molecule has 3 rings (SSSR count). The molecule has 0 aliphatic heterocycles. The van der Waals surface area contributed by atoms with Gasteiger partial charge in [-0.15, -0.1) is 0 Å². The SMILES string of the molecule is CCCCCCC1CCC(C#Cc2ccc(-c3ccc(CCCCC)cc3)cc2)CC1. The Labute approximate surface area is 191 Å². The Balaban J connectivity index is 1.46. The van der Waals surface area contributed by atoms with Crippen molar-refractivity contribution in [2.45, 2.75) is 97.3 Å². The van der Waals surface area contributed by atoms with E-state index < -0.39 is 0 Å². The Hall–Kier alpha value is -2.00. The van der Waals surface area contributed by atoms with E-state index in [1.807, 2.05) is 0 Å². The third-order valence-electron chi connectivity index (χ3n) is 6.97. The van der Waals surface area contributed by atoms with Gasteiger partial charge in [0, 0.05) is 11.5 Å². The minimum Gasteiger partial charge on any atom is -0.0945 e. The average molecular weight is 415 g/mol. The first-order valence-corrected chi connectivity index (χ1v) is 13.0. The molecule has 166 valence electrons. The summed E-state index contributed by atoms with van der Waals surface area (Å²) in [5, 5.41) is 0. The second-order valence-electron chi connectivity index (χ2n) is 9.57. The van der Waals surface area contributed by atoms with Gasteiger partial charge in [-0.05, 0) is 73.3 Å². The van der Waals surface area contributed by atoms with Crippen LogP contribution >= 0.6 is 0 Å². The first-order valence-electron chi connectivity index (χ1n) is 13.0. The van der Waals surface area contributed by atoms with Crippen molar-refractivity contribution in [1.29, 1.82) is 0 Å². The number of rotatable bonds is 10. The molecule has 0 unspecified atom stereocenters. The van der Waals surface area contributed by atoms with Crippen LogP contribution in [0.4, 0.5) is 0 Å². The third-order valence-corrected chi connectivity index (χ3v) is 6.97.